The largest absolute Gasteiger partial charge is 0.489 e. The number of hydrazone groups is 1. The molecule has 3 aromatic rings. The second-order valence-electron chi connectivity index (χ2n) is 6.44. The van der Waals surface area contributed by atoms with Crippen LogP contribution in [-0.4, -0.2) is 23.6 Å². The van der Waals surface area contributed by atoms with Crippen molar-refractivity contribution in [1.82, 2.24) is 5.43 Å². The lowest BCUT2D eigenvalue weighted by atomic mass is 10.2. The number of hydrogen-bond donors (Lipinski definition) is 2. The van der Waals surface area contributed by atoms with E-state index in [1.165, 1.54) is 42.6 Å². The number of hydrogen-bond acceptors (Lipinski definition) is 6. The summed E-state index contributed by atoms with van der Waals surface area (Å²) in [6, 6.07) is 18.9. The molecule has 0 radical (unpaired) electrons. The summed E-state index contributed by atoms with van der Waals surface area (Å²) in [5, 5.41) is 17.5. The van der Waals surface area contributed by atoms with Crippen molar-refractivity contribution in [2.45, 2.75) is 6.61 Å². The molecule has 158 valence electrons. The third kappa shape index (κ3) is 6.93. The topological polar surface area (TPSA) is 106 Å². The number of nitro benzene ring substituents is 1. The molecule has 0 saturated heterocycles. The normalized spacial score (nSPS) is 10.6. The Morgan fingerprint density at radius 3 is 2.55 bits per heavy atom. The number of ether oxygens (including phenoxy) is 1. The first-order valence-corrected chi connectivity index (χ1v) is 9.27. The Bertz CT molecular complexity index is 1070. The predicted molar refractivity (Wildman–Crippen MR) is 114 cm³/mol. The van der Waals surface area contributed by atoms with Gasteiger partial charge in [0.1, 0.15) is 18.2 Å². The van der Waals surface area contributed by atoms with Gasteiger partial charge in [0.25, 0.3) is 11.6 Å². The lowest BCUT2D eigenvalue weighted by Gasteiger charge is -2.07. The van der Waals surface area contributed by atoms with Gasteiger partial charge in [0, 0.05) is 17.8 Å². The summed E-state index contributed by atoms with van der Waals surface area (Å²) in [5.74, 6) is -0.115. The van der Waals surface area contributed by atoms with Crippen molar-refractivity contribution in [2.75, 3.05) is 11.9 Å². The molecule has 9 heteroatoms. The summed E-state index contributed by atoms with van der Waals surface area (Å²) in [5.41, 5.74) is 4.56. The number of nitrogens with one attached hydrogen (secondary N) is 2. The van der Waals surface area contributed by atoms with Gasteiger partial charge in [-0.1, -0.05) is 12.1 Å². The van der Waals surface area contributed by atoms with E-state index in [0.717, 1.165) is 5.56 Å². The molecular weight excluding hydrogens is 403 g/mol. The minimum Gasteiger partial charge on any atom is -0.489 e. The molecule has 0 spiro atoms. The molecule has 0 aliphatic carbocycles. The van der Waals surface area contributed by atoms with Gasteiger partial charge in [-0.25, -0.2) is 9.82 Å². The third-order valence-electron chi connectivity index (χ3n) is 4.11. The number of carbonyl (C=O) groups is 1. The van der Waals surface area contributed by atoms with Crippen LogP contribution in [0.5, 0.6) is 5.75 Å². The predicted octanol–water partition coefficient (Wildman–Crippen LogP) is 3.88. The molecule has 0 aliphatic rings. The molecule has 0 bridgehead atoms. The van der Waals surface area contributed by atoms with Crippen LogP contribution in [0.25, 0.3) is 0 Å². The Labute approximate surface area is 177 Å². The molecule has 0 saturated carbocycles. The van der Waals surface area contributed by atoms with Gasteiger partial charge in [-0.05, 0) is 59.7 Å². The van der Waals surface area contributed by atoms with Crippen LogP contribution in [-0.2, 0) is 11.4 Å². The highest BCUT2D eigenvalue weighted by atomic mass is 19.1. The zero-order valence-electron chi connectivity index (χ0n) is 16.3. The molecule has 0 aliphatic heterocycles. The van der Waals surface area contributed by atoms with Crippen LogP contribution in [0.1, 0.15) is 11.1 Å². The number of amides is 1. The van der Waals surface area contributed by atoms with Crippen molar-refractivity contribution in [2.24, 2.45) is 5.10 Å². The summed E-state index contributed by atoms with van der Waals surface area (Å²) >= 11 is 0. The Balaban J connectivity index is 1.46. The minimum atomic E-state index is -0.453. The number of halogens is 1. The summed E-state index contributed by atoms with van der Waals surface area (Å²) in [7, 11) is 0. The third-order valence-corrected chi connectivity index (χ3v) is 4.11. The maximum atomic E-state index is 12.9. The number of benzene rings is 3. The van der Waals surface area contributed by atoms with E-state index in [-0.39, 0.29) is 30.6 Å². The lowest BCUT2D eigenvalue weighted by molar-refractivity contribution is -0.384. The highest BCUT2D eigenvalue weighted by Crippen LogP contribution is 2.16. The lowest BCUT2D eigenvalue weighted by Crippen LogP contribution is -2.25. The van der Waals surface area contributed by atoms with Crippen molar-refractivity contribution in [3.63, 3.8) is 0 Å². The second kappa shape index (κ2) is 10.5. The van der Waals surface area contributed by atoms with Crippen molar-refractivity contribution in [3.8, 4) is 5.75 Å². The first kappa shape index (κ1) is 21.4. The van der Waals surface area contributed by atoms with E-state index >= 15 is 0 Å². The number of nitro groups is 1. The van der Waals surface area contributed by atoms with Gasteiger partial charge in [-0.15, -0.1) is 0 Å². The van der Waals surface area contributed by atoms with Gasteiger partial charge in [0.05, 0.1) is 17.7 Å². The minimum absolute atomic E-state index is 0.0125. The Hall–Kier alpha value is -4.27. The fourth-order valence-electron chi connectivity index (χ4n) is 2.53. The zero-order valence-corrected chi connectivity index (χ0v) is 16.3. The van der Waals surface area contributed by atoms with Gasteiger partial charge >= 0.3 is 0 Å². The maximum absolute atomic E-state index is 12.9. The van der Waals surface area contributed by atoms with E-state index in [9.17, 15) is 19.3 Å². The van der Waals surface area contributed by atoms with Crippen LogP contribution in [0.15, 0.2) is 77.9 Å². The van der Waals surface area contributed by atoms with Crippen molar-refractivity contribution in [3.05, 3.63) is 99.9 Å². The molecule has 1 amide bonds. The van der Waals surface area contributed by atoms with Gasteiger partial charge in [0.2, 0.25) is 0 Å². The van der Waals surface area contributed by atoms with Crippen molar-refractivity contribution < 1.29 is 18.8 Å². The van der Waals surface area contributed by atoms with Crippen LogP contribution in [0, 0.1) is 15.9 Å². The van der Waals surface area contributed by atoms with Gasteiger partial charge in [-0.3, -0.25) is 14.9 Å². The number of nitrogens with zero attached hydrogens (tertiary/aromatic N) is 2. The first-order valence-electron chi connectivity index (χ1n) is 9.27. The quantitative estimate of drug-likeness (QED) is 0.309. The highest BCUT2D eigenvalue weighted by molar-refractivity contribution is 5.84. The molecule has 2 N–H and O–H groups in total. The van der Waals surface area contributed by atoms with E-state index in [0.29, 0.717) is 17.0 Å². The van der Waals surface area contributed by atoms with Gasteiger partial charge in [-0.2, -0.15) is 5.10 Å². The summed E-state index contributed by atoms with van der Waals surface area (Å²) in [4.78, 5) is 22.1. The average Bonchev–Trinajstić information content (AvgIpc) is 2.78. The van der Waals surface area contributed by atoms with Crippen LogP contribution < -0.4 is 15.5 Å². The van der Waals surface area contributed by atoms with Gasteiger partial charge in [0.15, 0.2) is 0 Å². The highest BCUT2D eigenvalue weighted by Gasteiger charge is 2.04. The van der Waals surface area contributed by atoms with E-state index in [2.05, 4.69) is 15.8 Å². The SMILES string of the molecule is O=C(CNc1ccc(F)cc1)N/N=C\c1cccc(OCc2ccc([N+](=O)[O-])cc2)c1. The molecule has 3 aromatic carbocycles. The Morgan fingerprint density at radius 2 is 1.84 bits per heavy atom. The van der Waals surface area contributed by atoms with E-state index in [1.807, 2.05) is 0 Å². The van der Waals surface area contributed by atoms with E-state index in [1.54, 1.807) is 36.4 Å². The van der Waals surface area contributed by atoms with Crippen LogP contribution in [0.2, 0.25) is 0 Å². The molecule has 31 heavy (non-hydrogen) atoms. The standard InChI is InChI=1S/C22H19FN4O4/c23-18-6-8-19(9-7-18)24-14-22(28)26-25-13-17-2-1-3-21(12-17)31-15-16-4-10-20(11-5-16)27(29)30/h1-13,24H,14-15H2,(H,26,28)/b25-13-. The number of rotatable bonds is 9. The monoisotopic (exact) mass is 422 g/mol. The number of non-ortho nitro benzene ring substituents is 1. The molecule has 0 aromatic heterocycles. The van der Waals surface area contributed by atoms with Crippen molar-refractivity contribution in [1.29, 1.82) is 0 Å². The molecule has 0 atom stereocenters. The summed E-state index contributed by atoms with van der Waals surface area (Å²) in [6.45, 7) is 0.242. The van der Waals surface area contributed by atoms with E-state index < -0.39 is 4.92 Å². The molecular formula is C22H19FN4O4. The smallest absolute Gasteiger partial charge is 0.269 e. The molecule has 8 nitrogen and oxygen atoms in total. The summed E-state index contributed by atoms with van der Waals surface area (Å²) in [6.07, 6.45) is 1.48. The van der Waals surface area contributed by atoms with Crippen LogP contribution in [0.3, 0.4) is 0 Å². The second-order valence-corrected chi connectivity index (χ2v) is 6.44. The molecule has 0 unspecified atom stereocenters. The van der Waals surface area contributed by atoms with Crippen molar-refractivity contribution >= 4 is 23.5 Å². The Kier molecular flexibility index (Phi) is 7.26. The van der Waals surface area contributed by atoms with E-state index in [4.69, 9.17) is 4.74 Å². The molecule has 0 heterocycles. The zero-order chi connectivity index (χ0) is 22.1. The fourth-order valence-corrected chi connectivity index (χ4v) is 2.53. The fraction of sp³-hybridized carbons (Fsp3) is 0.0909. The molecule has 3 rings (SSSR count). The Morgan fingerprint density at radius 1 is 1.10 bits per heavy atom. The van der Waals surface area contributed by atoms with Gasteiger partial charge < -0.3 is 10.1 Å². The number of anilines is 1. The molecule has 0 fully saturated rings. The van der Waals surface area contributed by atoms with Crippen LogP contribution >= 0.6 is 0 Å². The maximum Gasteiger partial charge on any atom is 0.269 e. The summed E-state index contributed by atoms with van der Waals surface area (Å²) < 4.78 is 18.6. The number of carbonyl (C=O) groups excluding carboxylic acids is 1. The average molecular weight is 422 g/mol. The first-order chi connectivity index (χ1) is 15.0. The van der Waals surface area contributed by atoms with Crippen LogP contribution in [0.4, 0.5) is 15.8 Å².